The summed E-state index contributed by atoms with van der Waals surface area (Å²) in [6, 6.07) is 27.5. The third-order valence-electron chi connectivity index (χ3n) is 8.46. The molecular formula is C40H58O3. The van der Waals surface area contributed by atoms with E-state index in [0.29, 0.717) is 5.75 Å². The molecule has 3 aromatic carbocycles. The van der Waals surface area contributed by atoms with Gasteiger partial charge in [0.1, 0.15) is 5.75 Å². The van der Waals surface area contributed by atoms with Gasteiger partial charge in [0.05, 0.1) is 12.2 Å². The number of hydrogen-bond donors (Lipinski definition) is 1. The molecule has 0 radical (unpaired) electrons. The highest BCUT2D eigenvalue weighted by Gasteiger charge is 2.15. The number of phenols is 1. The Morgan fingerprint density at radius 1 is 0.488 bits per heavy atom. The number of phenolic OH excluding ortho intramolecular Hbond substituents is 1. The molecule has 2 unspecified atom stereocenters. The van der Waals surface area contributed by atoms with Crippen LogP contribution >= 0.6 is 0 Å². The van der Waals surface area contributed by atoms with E-state index in [1.165, 1.54) is 93.7 Å². The molecule has 236 valence electrons. The molecule has 43 heavy (non-hydrogen) atoms. The lowest BCUT2D eigenvalue weighted by Gasteiger charge is -2.19. The molecule has 0 aliphatic rings. The highest BCUT2D eigenvalue weighted by Crippen LogP contribution is 2.25. The molecule has 1 N–H and O–H groups in total. The van der Waals surface area contributed by atoms with E-state index in [2.05, 4.69) is 80.6 Å². The van der Waals surface area contributed by atoms with Gasteiger partial charge in [-0.2, -0.15) is 0 Å². The second kappa shape index (κ2) is 22.0. The van der Waals surface area contributed by atoms with E-state index in [1.54, 1.807) is 6.07 Å². The predicted octanol–water partition coefficient (Wildman–Crippen LogP) is 10.5. The summed E-state index contributed by atoms with van der Waals surface area (Å²) in [6.07, 6.45) is 19.2. The van der Waals surface area contributed by atoms with Gasteiger partial charge in [0.25, 0.3) is 0 Å². The first-order chi connectivity index (χ1) is 21.1. The normalized spacial score (nSPS) is 12.8. The molecule has 3 nitrogen and oxygen atoms in total. The van der Waals surface area contributed by atoms with E-state index in [9.17, 15) is 5.11 Å². The van der Waals surface area contributed by atoms with Crippen LogP contribution in [0.3, 0.4) is 0 Å². The van der Waals surface area contributed by atoms with E-state index in [4.69, 9.17) is 9.47 Å². The summed E-state index contributed by atoms with van der Waals surface area (Å²) in [7, 11) is 0. The standard InChI is InChI=1S/C40H58O3/c1-34(42-30-19-9-5-3-7-13-22-36-24-15-11-16-25-36)32-38-28-21-29-40(41)39(38)33-35(2)43-31-20-10-6-4-8-14-23-37-26-17-12-18-27-37/h11-12,15-18,21,24-29,34-35,41H,3-10,13-14,19-20,22-23,30-33H2,1-2H3. The number of hydrogen-bond acceptors (Lipinski definition) is 3. The van der Waals surface area contributed by atoms with Crippen molar-refractivity contribution < 1.29 is 14.6 Å². The lowest BCUT2D eigenvalue weighted by Crippen LogP contribution is -2.17. The van der Waals surface area contributed by atoms with E-state index >= 15 is 0 Å². The van der Waals surface area contributed by atoms with Gasteiger partial charge in [-0.1, -0.05) is 124 Å². The molecule has 0 fully saturated rings. The van der Waals surface area contributed by atoms with Gasteiger partial charge in [0, 0.05) is 19.6 Å². The van der Waals surface area contributed by atoms with Gasteiger partial charge in [-0.25, -0.2) is 0 Å². The summed E-state index contributed by atoms with van der Waals surface area (Å²) < 4.78 is 12.3. The maximum atomic E-state index is 10.6. The van der Waals surface area contributed by atoms with Crippen LogP contribution in [0.5, 0.6) is 5.75 Å². The molecule has 0 aliphatic heterocycles. The van der Waals surface area contributed by atoms with Crippen LogP contribution in [-0.2, 0) is 35.2 Å². The quantitative estimate of drug-likeness (QED) is 0.106. The number of aromatic hydroxyl groups is 1. The lowest BCUT2D eigenvalue weighted by atomic mass is 9.97. The Morgan fingerprint density at radius 3 is 1.44 bits per heavy atom. The zero-order valence-electron chi connectivity index (χ0n) is 27.2. The fraction of sp³-hybridized carbons (Fsp3) is 0.550. The molecule has 0 aliphatic carbocycles. The number of rotatable bonds is 24. The molecular weight excluding hydrogens is 528 g/mol. The summed E-state index contributed by atoms with van der Waals surface area (Å²) in [5.74, 6) is 0.378. The van der Waals surface area contributed by atoms with Crippen molar-refractivity contribution in [2.24, 2.45) is 0 Å². The first-order valence-electron chi connectivity index (χ1n) is 17.2. The predicted molar refractivity (Wildman–Crippen MR) is 182 cm³/mol. The third-order valence-corrected chi connectivity index (χ3v) is 8.46. The van der Waals surface area contributed by atoms with Crippen molar-refractivity contribution >= 4 is 0 Å². The third kappa shape index (κ3) is 15.6. The van der Waals surface area contributed by atoms with Gasteiger partial charge in [-0.15, -0.1) is 0 Å². The number of aryl methyl sites for hydroxylation is 2. The van der Waals surface area contributed by atoms with Crippen molar-refractivity contribution in [1.82, 2.24) is 0 Å². The molecule has 0 saturated carbocycles. The second-order valence-electron chi connectivity index (χ2n) is 12.4. The first kappa shape index (κ1) is 34.9. The smallest absolute Gasteiger partial charge is 0.119 e. The van der Waals surface area contributed by atoms with Gasteiger partial charge >= 0.3 is 0 Å². The van der Waals surface area contributed by atoms with Crippen molar-refractivity contribution in [1.29, 1.82) is 0 Å². The molecule has 0 amide bonds. The van der Waals surface area contributed by atoms with Crippen LogP contribution < -0.4 is 0 Å². The molecule has 0 heterocycles. The van der Waals surface area contributed by atoms with Crippen molar-refractivity contribution in [3.63, 3.8) is 0 Å². The maximum Gasteiger partial charge on any atom is 0.119 e. The largest absolute Gasteiger partial charge is 0.508 e. The molecule has 3 heteroatoms. The van der Waals surface area contributed by atoms with Crippen LogP contribution in [0.25, 0.3) is 0 Å². The highest BCUT2D eigenvalue weighted by atomic mass is 16.5. The fourth-order valence-corrected chi connectivity index (χ4v) is 5.90. The summed E-state index contributed by atoms with van der Waals surface area (Å²) in [5.41, 5.74) is 5.09. The van der Waals surface area contributed by atoms with Gasteiger partial charge < -0.3 is 14.6 Å². The Hall–Kier alpha value is -2.62. The molecule has 0 spiro atoms. The Kier molecular flexibility index (Phi) is 17.8. The van der Waals surface area contributed by atoms with Crippen molar-refractivity contribution in [3.8, 4) is 5.75 Å². The summed E-state index contributed by atoms with van der Waals surface area (Å²) in [5, 5.41) is 10.6. The average Bonchev–Trinajstić information content (AvgIpc) is 3.02. The summed E-state index contributed by atoms with van der Waals surface area (Å²) in [6.45, 7) is 5.88. The minimum Gasteiger partial charge on any atom is -0.508 e. The van der Waals surface area contributed by atoms with Crippen LogP contribution in [0.2, 0.25) is 0 Å². The van der Waals surface area contributed by atoms with Crippen LogP contribution in [-0.4, -0.2) is 30.5 Å². The number of ether oxygens (including phenoxy) is 2. The Balaban J connectivity index is 1.21. The minimum absolute atomic E-state index is 0.0850. The van der Waals surface area contributed by atoms with E-state index < -0.39 is 0 Å². The Morgan fingerprint density at radius 2 is 0.930 bits per heavy atom. The van der Waals surface area contributed by atoms with Crippen LogP contribution in [0.15, 0.2) is 78.9 Å². The highest BCUT2D eigenvalue weighted by molar-refractivity contribution is 5.40. The fourth-order valence-electron chi connectivity index (χ4n) is 5.90. The van der Waals surface area contributed by atoms with Gasteiger partial charge in [0.2, 0.25) is 0 Å². The molecule has 3 rings (SSSR count). The zero-order valence-corrected chi connectivity index (χ0v) is 27.2. The van der Waals surface area contributed by atoms with Gasteiger partial charge in [-0.3, -0.25) is 0 Å². The summed E-state index contributed by atoms with van der Waals surface area (Å²) in [4.78, 5) is 0. The van der Waals surface area contributed by atoms with Crippen molar-refractivity contribution in [2.75, 3.05) is 13.2 Å². The van der Waals surface area contributed by atoms with Crippen molar-refractivity contribution in [2.45, 2.75) is 129 Å². The van der Waals surface area contributed by atoms with Crippen LogP contribution in [0.1, 0.15) is 113 Å². The molecule has 0 aromatic heterocycles. The first-order valence-corrected chi connectivity index (χ1v) is 17.2. The number of benzene rings is 3. The van der Waals surface area contributed by atoms with Crippen molar-refractivity contribution in [3.05, 3.63) is 101 Å². The molecule has 3 aromatic rings. The van der Waals surface area contributed by atoms with Crippen LogP contribution in [0, 0.1) is 0 Å². The molecule has 0 saturated heterocycles. The van der Waals surface area contributed by atoms with E-state index in [1.807, 2.05) is 6.07 Å². The second-order valence-corrected chi connectivity index (χ2v) is 12.4. The number of unbranched alkanes of at least 4 members (excludes halogenated alkanes) is 10. The van der Waals surface area contributed by atoms with Gasteiger partial charge in [-0.05, 0) is 87.1 Å². The Bertz CT molecular complexity index is 1080. The van der Waals surface area contributed by atoms with E-state index in [0.717, 1.165) is 44.5 Å². The minimum atomic E-state index is 0.0850. The maximum absolute atomic E-state index is 10.6. The Labute approximate surface area is 263 Å². The summed E-state index contributed by atoms with van der Waals surface area (Å²) >= 11 is 0. The van der Waals surface area contributed by atoms with Crippen LogP contribution in [0.4, 0.5) is 0 Å². The lowest BCUT2D eigenvalue weighted by molar-refractivity contribution is 0.0594. The molecule has 0 bridgehead atoms. The SMILES string of the molecule is CC(Cc1cccc(O)c1CC(C)OCCCCCCCCc1ccccc1)OCCCCCCCCc1ccccc1. The monoisotopic (exact) mass is 586 g/mol. The van der Waals surface area contributed by atoms with Gasteiger partial charge in [0.15, 0.2) is 0 Å². The average molecular weight is 587 g/mol. The topological polar surface area (TPSA) is 38.7 Å². The van der Waals surface area contributed by atoms with E-state index in [-0.39, 0.29) is 12.2 Å². The zero-order chi connectivity index (χ0) is 30.4. The molecule has 2 atom stereocenters.